The Morgan fingerprint density at radius 1 is 1.62 bits per heavy atom. The van der Waals surface area contributed by atoms with Crippen LogP contribution >= 0.6 is 23.1 Å². The number of aromatic nitrogens is 2. The van der Waals surface area contributed by atoms with Gasteiger partial charge in [0.25, 0.3) is 0 Å². The first-order valence-electron chi connectivity index (χ1n) is 2.88. The maximum atomic E-state index is 10.4. The van der Waals surface area contributed by atoms with Gasteiger partial charge < -0.3 is 9.66 Å². The van der Waals surface area contributed by atoms with Crippen LogP contribution in [0.1, 0.15) is 0 Å². The normalized spacial score (nSPS) is 12.7. The van der Waals surface area contributed by atoms with E-state index in [1.165, 1.54) is 0 Å². The molecule has 1 unspecified atom stereocenters. The molecule has 1 heterocycles. The molecule has 6 nitrogen and oxygen atoms in total. The third kappa shape index (κ3) is 3.38. The van der Waals surface area contributed by atoms with Gasteiger partial charge in [0.1, 0.15) is 0 Å². The van der Waals surface area contributed by atoms with Gasteiger partial charge in [-0.1, -0.05) is 23.1 Å². The lowest BCUT2D eigenvalue weighted by Gasteiger charge is -1.87. The summed E-state index contributed by atoms with van der Waals surface area (Å²) >= 11 is -0.261. The average molecular weight is 240 g/mol. The van der Waals surface area contributed by atoms with E-state index in [0.29, 0.717) is 4.34 Å². The van der Waals surface area contributed by atoms with Crippen LogP contribution in [0.4, 0.5) is 0 Å². The Kier molecular flexibility index (Phi) is 3.78. The van der Waals surface area contributed by atoms with Gasteiger partial charge in [-0.15, -0.1) is 10.2 Å². The summed E-state index contributed by atoms with van der Waals surface area (Å²) in [6.07, 6.45) is 0. The summed E-state index contributed by atoms with van der Waals surface area (Å²) < 4.78 is 19.4. The molecule has 2 N–H and O–H groups in total. The molecule has 1 atom stereocenters. The van der Waals surface area contributed by atoms with Crippen molar-refractivity contribution in [3.8, 4) is 0 Å². The number of nitrogens with zero attached hydrogens (tertiary/aromatic N) is 2. The van der Waals surface area contributed by atoms with Crippen LogP contribution < -0.4 is 0 Å². The van der Waals surface area contributed by atoms with Crippen molar-refractivity contribution < 1.29 is 18.7 Å². The van der Waals surface area contributed by atoms with Gasteiger partial charge in [0.2, 0.25) is 15.4 Å². The number of hydrogen-bond acceptors (Lipinski definition) is 6. The first-order valence-corrected chi connectivity index (χ1v) is 5.79. The molecule has 1 rings (SSSR count). The fourth-order valence-corrected chi connectivity index (χ4v) is 2.55. The molecule has 0 bridgehead atoms. The Morgan fingerprint density at radius 2 is 2.31 bits per heavy atom. The minimum absolute atomic E-state index is 0.0205. The molecule has 72 valence electrons. The van der Waals surface area contributed by atoms with E-state index in [4.69, 9.17) is 9.66 Å². The van der Waals surface area contributed by atoms with Gasteiger partial charge >= 0.3 is 5.97 Å². The maximum absolute atomic E-state index is 10.4. The molecule has 13 heavy (non-hydrogen) atoms. The Hall–Kier alpha value is -0.510. The Labute approximate surface area is 83.7 Å². The van der Waals surface area contributed by atoms with Crippen LogP contribution in [0.5, 0.6) is 0 Å². The number of aliphatic carboxylic acids is 1. The van der Waals surface area contributed by atoms with Gasteiger partial charge in [-0.2, -0.15) is 0 Å². The molecule has 0 radical (unpaired) electrons. The highest BCUT2D eigenvalue weighted by Gasteiger charge is 2.10. The summed E-state index contributed by atoms with van der Waals surface area (Å²) in [4.78, 5) is 10.1. The fraction of sp³-hybridized carbons (Fsp3) is 0.250. The summed E-state index contributed by atoms with van der Waals surface area (Å²) in [6, 6.07) is 0. The fourth-order valence-electron chi connectivity index (χ4n) is 0.450. The van der Waals surface area contributed by atoms with Crippen molar-refractivity contribution in [2.75, 3.05) is 5.75 Å². The third-order valence-electron chi connectivity index (χ3n) is 0.856. The zero-order valence-electron chi connectivity index (χ0n) is 6.04. The molecular weight excluding hydrogens is 236 g/mol. The van der Waals surface area contributed by atoms with Crippen molar-refractivity contribution in [1.29, 1.82) is 0 Å². The van der Waals surface area contributed by atoms with E-state index in [2.05, 4.69) is 10.2 Å². The second-order valence-electron chi connectivity index (χ2n) is 1.77. The van der Waals surface area contributed by atoms with Gasteiger partial charge in [-0.25, -0.2) is 4.21 Å². The van der Waals surface area contributed by atoms with Crippen LogP contribution in [0.3, 0.4) is 0 Å². The highest BCUT2D eigenvalue weighted by Crippen LogP contribution is 2.23. The van der Waals surface area contributed by atoms with Crippen LogP contribution in [0.15, 0.2) is 8.68 Å². The predicted molar refractivity (Wildman–Crippen MR) is 47.3 cm³/mol. The average Bonchev–Trinajstić information content (AvgIpc) is 2.48. The maximum Gasteiger partial charge on any atom is 0.313 e. The molecule has 0 saturated heterocycles. The van der Waals surface area contributed by atoms with E-state index in [1.54, 1.807) is 0 Å². The van der Waals surface area contributed by atoms with Gasteiger partial charge in [0.05, 0.1) is 5.75 Å². The molecule has 1 aromatic heterocycles. The Morgan fingerprint density at radius 3 is 2.77 bits per heavy atom. The summed E-state index contributed by atoms with van der Waals surface area (Å²) in [5.41, 5.74) is 0. The highest BCUT2D eigenvalue weighted by molar-refractivity contribution is 8.01. The smallest absolute Gasteiger partial charge is 0.313 e. The number of carbonyl (C=O) groups is 1. The minimum Gasteiger partial charge on any atom is -0.481 e. The SMILES string of the molecule is O=C(O)CSc1nnc(S(=O)O)s1. The predicted octanol–water partition coefficient (Wildman–Crippen LogP) is 0.295. The molecule has 9 heteroatoms. The van der Waals surface area contributed by atoms with E-state index in [-0.39, 0.29) is 10.1 Å². The summed E-state index contributed by atoms with van der Waals surface area (Å²) in [6.45, 7) is 0. The minimum atomic E-state index is -2.14. The zero-order valence-corrected chi connectivity index (χ0v) is 8.49. The van der Waals surface area contributed by atoms with Crippen molar-refractivity contribution in [3.05, 3.63) is 0 Å². The van der Waals surface area contributed by atoms with Gasteiger partial charge in [-0.05, 0) is 0 Å². The molecule has 1 aromatic rings. The monoisotopic (exact) mass is 240 g/mol. The van der Waals surface area contributed by atoms with Crippen molar-refractivity contribution in [1.82, 2.24) is 10.2 Å². The second kappa shape index (κ2) is 4.65. The summed E-state index contributed by atoms with van der Waals surface area (Å²) in [5.74, 6) is -1.10. The lowest BCUT2D eigenvalue weighted by Crippen LogP contribution is -1.96. The topological polar surface area (TPSA) is 100 Å². The number of carboxylic acids is 1. The van der Waals surface area contributed by atoms with E-state index < -0.39 is 17.0 Å². The van der Waals surface area contributed by atoms with Crippen molar-refractivity contribution >= 4 is 40.1 Å². The number of rotatable bonds is 4. The Bertz CT molecular complexity index is 338. The zero-order chi connectivity index (χ0) is 9.84. The summed E-state index contributed by atoms with van der Waals surface area (Å²) in [7, 11) is 0. The van der Waals surface area contributed by atoms with Crippen LogP contribution in [-0.2, 0) is 15.9 Å². The van der Waals surface area contributed by atoms with Crippen LogP contribution in [0.25, 0.3) is 0 Å². The van der Waals surface area contributed by atoms with Crippen LogP contribution in [0, 0.1) is 0 Å². The largest absolute Gasteiger partial charge is 0.481 e. The third-order valence-corrected chi connectivity index (χ3v) is 3.75. The molecule has 0 spiro atoms. The van der Waals surface area contributed by atoms with E-state index >= 15 is 0 Å². The lowest BCUT2D eigenvalue weighted by atomic mass is 10.8. The molecule has 0 aliphatic carbocycles. The summed E-state index contributed by atoms with van der Waals surface area (Å²) in [5, 5.41) is 15.2. The van der Waals surface area contributed by atoms with Crippen molar-refractivity contribution in [2.45, 2.75) is 8.68 Å². The molecule has 0 saturated carbocycles. The van der Waals surface area contributed by atoms with Crippen LogP contribution in [-0.4, -0.2) is 35.8 Å². The molecule has 0 aliphatic rings. The standard InChI is InChI=1S/C4H4N2O4S3/c7-2(8)1-11-3-5-6-4(12-3)13(9)10/h1H2,(H,7,8)(H,9,10). The van der Waals surface area contributed by atoms with E-state index in [0.717, 1.165) is 23.1 Å². The second-order valence-corrected chi connectivity index (χ2v) is 5.11. The lowest BCUT2D eigenvalue weighted by molar-refractivity contribution is -0.133. The van der Waals surface area contributed by atoms with Gasteiger partial charge in [0, 0.05) is 0 Å². The first kappa shape index (κ1) is 10.6. The molecule has 0 aromatic carbocycles. The van der Waals surface area contributed by atoms with Gasteiger partial charge in [-0.3, -0.25) is 4.79 Å². The molecular formula is C4H4N2O4S3. The van der Waals surface area contributed by atoms with Gasteiger partial charge in [0.15, 0.2) is 4.34 Å². The van der Waals surface area contributed by atoms with E-state index in [9.17, 15) is 9.00 Å². The number of thioether (sulfide) groups is 1. The highest BCUT2D eigenvalue weighted by atomic mass is 32.2. The first-order chi connectivity index (χ1) is 6.09. The van der Waals surface area contributed by atoms with Crippen molar-refractivity contribution in [3.63, 3.8) is 0 Å². The number of hydrogen-bond donors (Lipinski definition) is 2. The van der Waals surface area contributed by atoms with Crippen molar-refractivity contribution in [2.24, 2.45) is 0 Å². The number of carboxylic acid groups (broad SMARTS) is 1. The molecule has 0 fully saturated rings. The quantitative estimate of drug-likeness (QED) is 0.576. The molecule has 0 amide bonds. The Balaban J connectivity index is 2.59. The van der Waals surface area contributed by atoms with E-state index in [1.807, 2.05) is 0 Å². The van der Waals surface area contributed by atoms with Crippen LogP contribution in [0.2, 0.25) is 0 Å². The molecule has 0 aliphatic heterocycles.